The molecule has 2 aromatic rings. The molecule has 0 saturated carbocycles. The van der Waals surface area contributed by atoms with E-state index >= 15 is 0 Å². The predicted octanol–water partition coefficient (Wildman–Crippen LogP) is 0.636. The summed E-state index contributed by atoms with van der Waals surface area (Å²) in [5, 5.41) is 10.7. The van der Waals surface area contributed by atoms with Gasteiger partial charge in [0.25, 0.3) is 11.2 Å². The summed E-state index contributed by atoms with van der Waals surface area (Å²) in [7, 11) is 0. The second kappa shape index (κ2) is 5.53. The summed E-state index contributed by atoms with van der Waals surface area (Å²) >= 11 is 0. The minimum absolute atomic E-state index is 0.125. The van der Waals surface area contributed by atoms with E-state index in [1.165, 1.54) is 31.3 Å². The van der Waals surface area contributed by atoms with E-state index in [2.05, 4.69) is 4.98 Å². The number of Topliss-reactive ketones (excluding diaryl/α,β-unsaturated/α-hetero) is 1. The van der Waals surface area contributed by atoms with E-state index < -0.39 is 22.0 Å². The number of nitrogens with zero attached hydrogens (tertiary/aromatic N) is 2. The van der Waals surface area contributed by atoms with Crippen molar-refractivity contribution < 1.29 is 9.72 Å². The standard InChI is InChI=1S/C13H11N3O5/c1-8-6-15(13(19)14-12(8)18)7-11(17)9-3-2-4-10(5-9)16(20)21/h2-6H,7H2,1H3,(H,14,18,19). The Morgan fingerprint density at radius 2 is 2.10 bits per heavy atom. The number of ketones is 1. The van der Waals surface area contributed by atoms with Gasteiger partial charge in [-0.3, -0.25) is 29.3 Å². The number of carbonyl (C=O) groups excluding carboxylic acids is 1. The lowest BCUT2D eigenvalue weighted by atomic mass is 10.1. The summed E-state index contributed by atoms with van der Waals surface area (Å²) in [6.45, 7) is 1.20. The first-order valence-corrected chi connectivity index (χ1v) is 5.96. The van der Waals surface area contributed by atoms with Crippen LogP contribution in [0.25, 0.3) is 0 Å². The number of benzene rings is 1. The lowest BCUT2D eigenvalue weighted by Gasteiger charge is -2.05. The summed E-state index contributed by atoms with van der Waals surface area (Å²) in [6.07, 6.45) is 1.27. The molecule has 1 aromatic carbocycles. The van der Waals surface area contributed by atoms with Crippen LogP contribution >= 0.6 is 0 Å². The summed E-state index contributed by atoms with van der Waals surface area (Å²) in [6, 6.07) is 5.24. The number of carbonyl (C=O) groups is 1. The number of aromatic nitrogens is 2. The smallest absolute Gasteiger partial charge is 0.293 e. The van der Waals surface area contributed by atoms with E-state index in [-0.39, 0.29) is 17.8 Å². The van der Waals surface area contributed by atoms with Gasteiger partial charge in [0.1, 0.15) is 0 Å². The maximum atomic E-state index is 12.1. The summed E-state index contributed by atoms with van der Waals surface area (Å²) in [5.41, 5.74) is -1.00. The monoisotopic (exact) mass is 289 g/mol. The van der Waals surface area contributed by atoms with Crippen LogP contribution in [-0.2, 0) is 6.54 Å². The highest BCUT2D eigenvalue weighted by Crippen LogP contribution is 2.13. The SMILES string of the molecule is Cc1cn(CC(=O)c2cccc([N+](=O)[O-])c2)c(=O)[nH]c1=O. The highest BCUT2D eigenvalue weighted by Gasteiger charge is 2.13. The van der Waals surface area contributed by atoms with Crippen LogP contribution in [0.1, 0.15) is 15.9 Å². The Morgan fingerprint density at radius 1 is 1.38 bits per heavy atom. The summed E-state index contributed by atoms with van der Waals surface area (Å²) in [4.78, 5) is 47.0. The van der Waals surface area contributed by atoms with Gasteiger partial charge in [-0.2, -0.15) is 0 Å². The van der Waals surface area contributed by atoms with E-state index in [9.17, 15) is 24.5 Å². The average molecular weight is 289 g/mol. The number of hydrogen-bond donors (Lipinski definition) is 1. The largest absolute Gasteiger partial charge is 0.328 e. The summed E-state index contributed by atoms with van der Waals surface area (Å²) in [5.74, 6) is -0.466. The Labute approximate surface area is 117 Å². The van der Waals surface area contributed by atoms with E-state index in [1.54, 1.807) is 0 Å². The van der Waals surface area contributed by atoms with Crippen molar-refractivity contribution in [1.82, 2.24) is 9.55 Å². The number of nitro groups is 1. The van der Waals surface area contributed by atoms with Crippen LogP contribution in [0.5, 0.6) is 0 Å². The first-order valence-electron chi connectivity index (χ1n) is 5.96. The first kappa shape index (κ1) is 14.4. The van der Waals surface area contributed by atoms with Gasteiger partial charge in [0.05, 0.1) is 11.5 Å². The number of nitrogens with one attached hydrogen (secondary N) is 1. The fraction of sp³-hybridized carbons (Fsp3) is 0.154. The van der Waals surface area contributed by atoms with E-state index in [0.717, 1.165) is 10.6 Å². The van der Waals surface area contributed by atoms with Crippen LogP contribution in [0.15, 0.2) is 40.1 Å². The molecule has 1 heterocycles. The quantitative estimate of drug-likeness (QED) is 0.503. The molecule has 0 radical (unpaired) electrons. The van der Waals surface area contributed by atoms with Crippen molar-refractivity contribution in [2.45, 2.75) is 13.5 Å². The van der Waals surface area contributed by atoms with Crippen molar-refractivity contribution in [3.05, 3.63) is 72.5 Å². The molecule has 0 amide bonds. The normalized spacial score (nSPS) is 10.3. The van der Waals surface area contributed by atoms with Crippen molar-refractivity contribution >= 4 is 11.5 Å². The lowest BCUT2D eigenvalue weighted by Crippen LogP contribution is -2.32. The topological polar surface area (TPSA) is 115 Å². The number of H-pyrrole nitrogens is 1. The Bertz CT molecular complexity index is 834. The van der Waals surface area contributed by atoms with E-state index in [4.69, 9.17) is 0 Å². The minimum Gasteiger partial charge on any atom is -0.293 e. The maximum Gasteiger partial charge on any atom is 0.328 e. The molecule has 0 aliphatic rings. The zero-order chi connectivity index (χ0) is 15.6. The molecule has 0 aliphatic heterocycles. The van der Waals surface area contributed by atoms with Gasteiger partial charge >= 0.3 is 5.69 Å². The van der Waals surface area contributed by atoms with Gasteiger partial charge in [0.15, 0.2) is 5.78 Å². The molecule has 0 unspecified atom stereocenters. The van der Waals surface area contributed by atoms with Crippen LogP contribution in [0, 0.1) is 17.0 Å². The molecule has 2 rings (SSSR count). The second-order valence-corrected chi connectivity index (χ2v) is 4.43. The third-order valence-corrected chi connectivity index (χ3v) is 2.88. The number of aryl methyl sites for hydroxylation is 1. The van der Waals surface area contributed by atoms with Crippen LogP contribution in [0.2, 0.25) is 0 Å². The van der Waals surface area contributed by atoms with Crippen molar-refractivity contribution in [2.75, 3.05) is 0 Å². The van der Waals surface area contributed by atoms with Gasteiger partial charge in [-0.25, -0.2) is 4.79 Å². The number of aromatic amines is 1. The van der Waals surface area contributed by atoms with Gasteiger partial charge in [0.2, 0.25) is 0 Å². The molecule has 0 atom stereocenters. The molecular formula is C13H11N3O5. The van der Waals surface area contributed by atoms with Gasteiger partial charge in [-0.1, -0.05) is 12.1 Å². The third-order valence-electron chi connectivity index (χ3n) is 2.88. The van der Waals surface area contributed by atoms with E-state index in [1.807, 2.05) is 0 Å². The number of hydrogen-bond acceptors (Lipinski definition) is 5. The zero-order valence-corrected chi connectivity index (χ0v) is 11.0. The molecule has 8 nitrogen and oxygen atoms in total. The lowest BCUT2D eigenvalue weighted by molar-refractivity contribution is -0.384. The first-order chi connectivity index (χ1) is 9.88. The van der Waals surface area contributed by atoms with Crippen LogP contribution in [0.3, 0.4) is 0 Å². The van der Waals surface area contributed by atoms with E-state index in [0.29, 0.717) is 5.56 Å². The molecular weight excluding hydrogens is 278 g/mol. The minimum atomic E-state index is -0.704. The van der Waals surface area contributed by atoms with Crippen LogP contribution in [-0.4, -0.2) is 20.3 Å². The molecule has 0 aliphatic carbocycles. The number of nitro benzene ring substituents is 1. The Kier molecular flexibility index (Phi) is 3.79. The fourth-order valence-electron chi connectivity index (χ4n) is 1.77. The number of non-ortho nitro benzene ring substituents is 1. The maximum absolute atomic E-state index is 12.1. The van der Waals surface area contributed by atoms with Gasteiger partial charge in [0, 0.05) is 29.5 Å². The van der Waals surface area contributed by atoms with Crippen molar-refractivity contribution in [3.8, 4) is 0 Å². The molecule has 0 saturated heterocycles. The van der Waals surface area contributed by atoms with Crippen LogP contribution in [0.4, 0.5) is 5.69 Å². The highest BCUT2D eigenvalue weighted by atomic mass is 16.6. The number of rotatable bonds is 4. The molecule has 0 fully saturated rings. The van der Waals surface area contributed by atoms with Gasteiger partial charge < -0.3 is 0 Å². The molecule has 108 valence electrons. The average Bonchev–Trinajstić information content (AvgIpc) is 2.44. The predicted molar refractivity (Wildman–Crippen MR) is 73.5 cm³/mol. The fourth-order valence-corrected chi connectivity index (χ4v) is 1.77. The molecule has 21 heavy (non-hydrogen) atoms. The van der Waals surface area contributed by atoms with Gasteiger partial charge in [-0.15, -0.1) is 0 Å². The Morgan fingerprint density at radius 3 is 2.76 bits per heavy atom. The van der Waals surface area contributed by atoms with Crippen LogP contribution < -0.4 is 11.2 Å². The van der Waals surface area contributed by atoms with Crippen molar-refractivity contribution in [2.24, 2.45) is 0 Å². The molecule has 8 heteroatoms. The summed E-state index contributed by atoms with van der Waals surface area (Å²) < 4.78 is 1.05. The Balaban J connectivity index is 2.32. The highest BCUT2D eigenvalue weighted by molar-refractivity contribution is 5.96. The molecule has 1 aromatic heterocycles. The van der Waals surface area contributed by atoms with Crippen molar-refractivity contribution in [1.29, 1.82) is 0 Å². The second-order valence-electron chi connectivity index (χ2n) is 4.43. The molecule has 0 bridgehead atoms. The van der Waals surface area contributed by atoms with Gasteiger partial charge in [-0.05, 0) is 6.92 Å². The zero-order valence-electron chi connectivity index (χ0n) is 11.0. The third kappa shape index (κ3) is 3.11. The molecule has 1 N–H and O–H groups in total. The molecule has 0 spiro atoms. The Hall–Kier alpha value is -3.03. The van der Waals surface area contributed by atoms with Crippen molar-refractivity contribution in [3.63, 3.8) is 0 Å².